The van der Waals surface area contributed by atoms with E-state index in [1.807, 2.05) is 13.1 Å². The first kappa shape index (κ1) is 13.9. The molecule has 1 rings (SSSR count). The van der Waals surface area contributed by atoms with Crippen LogP contribution in [0.4, 0.5) is 0 Å². The van der Waals surface area contributed by atoms with Crippen molar-refractivity contribution in [2.24, 2.45) is 0 Å². The molecule has 1 aromatic rings. The Morgan fingerprint density at radius 2 is 2.41 bits per heavy atom. The highest BCUT2D eigenvalue weighted by atomic mass is 32.1. The summed E-state index contributed by atoms with van der Waals surface area (Å²) in [5.41, 5.74) is 0. The van der Waals surface area contributed by atoms with E-state index in [4.69, 9.17) is 17.0 Å². The molecule has 7 heteroatoms. The normalized spacial score (nSPS) is 12.1. The summed E-state index contributed by atoms with van der Waals surface area (Å²) in [5.74, 6) is 0. The first-order chi connectivity index (χ1) is 8.22. The van der Waals surface area contributed by atoms with Crippen LogP contribution in [0, 0.1) is 0 Å². The third-order valence-corrected chi connectivity index (χ3v) is 2.38. The lowest BCUT2D eigenvalue weighted by Gasteiger charge is -2.15. The Hall–Kier alpha value is -1.21. The number of aromatic nitrogens is 3. The molecule has 17 heavy (non-hydrogen) atoms. The first-order valence-electron chi connectivity index (χ1n) is 5.59. The van der Waals surface area contributed by atoms with E-state index in [0.717, 1.165) is 19.5 Å². The van der Waals surface area contributed by atoms with Crippen molar-refractivity contribution in [2.75, 3.05) is 20.3 Å². The van der Waals surface area contributed by atoms with Gasteiger partial charge in [0, 0.05) is 32.4 Å². The highest BCUT2D eigenvalue weighted by molar-refractivity contribution is 7.80. The van der Waals surface area contributed by atoms with Crippen LogP contribution in [0.25, 0.3) is 0 Å². The van der Waals surface area contributed by atoms with Crippen LogP contribution >= 0.6 is 12.2 Å². The maximum Gasteiger partial charge on any atom is 0.166 e. The molecule has 6 nitrogen and oxygen atoms in total. The van der Waals surface area contributed by atoms with Gasteiger partial charge in [0.25, 0.3) is 0 Å². The Bertz CT molecular complexity index is 317. The standard InChI is InChI=1S/C10H19N5OS/c1-9(8-16-2)13-10(17)11-4-3-6-15-7-5-12-14-15/h5,7,9H,3-4,6,8H2,1-2H3,(H2,11,13,17). The van der Waals surface area contributed by atoms with Gasteiger partial charge in [-0.3, -0.25) is 4.68 Å². The van der Waals surface area contributed by atoms with Gasteiger partial charge in [-0.05, 0) is 25.6 Å². The summed E-state index contributed by atoms with van der Waals surface area (Å²) in [4.78, 5) is 0. The quantitative estimate of drug-likeness (QED) is 0.536. The van der Waals surface area contributed by atoms with Gasteiger partial charge in [-0.15, -0.1) is 5.10 Å². The molecule has 0 fully saturated rings. The molecule has 1 atom stereocenters. The molecule has 0 saturated carbocycles. The van der Waals surface area contributed by atoms with E-state index >= 15 is 0 Å². The topological polar surface area (TPSA) is 64.0 Å². The average Bonchev–Trinajstić information content (AvgIpc) is 2.77. The van der Waals surface area contributed by atoms with E-state index in [1.54, 1.807) is 18.0 Å². The molecule has 0 saturated heterocycles. The number of aryl methyl sites for hydroxylation is 1. The fourth-order valence-electron chi connectivity index (χ4n) is 1.36. The van der Waals surface area contributed by atoms with Crippen molar-refractivity contribution in [3.63, 3.8) is 0 Å². The first-order valence-corrected chi connectivity index (χ1v) is 6.00. The molecule has 0 spiro atoms. The van der Waals surface area contributed by atoms with Gasteiger partial charge >= 0.3 is 0 Å². The van der Waals surface area contributed by atoms with E-state index in [9.17, 15) is 0 Å². The van der Waals surface area contributed by atoms with E-state index < -0.39 is 0 Å². The lowest BCUT2D eigenvalue weighted by molar-refractivity contribution is 0.179. The van der Waals surface area contributed by atoms with Crippen molar-refractivity contribution in [1.82, 2.24) is 25.6 Å². The van der Waals surface area contributed by atoms with Crippen LogP contribution < -0.4 is 10.6 Å². The zero-order valence-electron chi connectivity index (χ0n) is 10.2. The molecule has 0 radical (unpaired) electrons. The maximum atomic E-state index is 5.15. The van der Waals surface area contributed by atoms with Crippen LogP contribution in [0.2, 0.25) is 0 Å². The number of nitrogens with one attached hydrogen (secondary N) is 2. The molecule has 0 amide bonds. The number of thiocarbonyl (C=S) groups is 1. The summed E-state index contributed by atoms with van der Waals surface area (Å²) in [5, 5.41) is 14.5. The smallest absolute Gasteiger partial charge is 0.166 e. The molecule has 96 valence electrons. The van der Waals surface area contributed by atoms with Crippen molar-refractivity contribution in [1.29, 1.82) is 0 Å². The minimum absolute atomic E-state index is 0.218. The summed E-state index contributed by atoms with van der Waals surface area (Å²) >= 11 is 5.15. The van der Waals surface area contributed by atoms with Crippen LogP contribution in [-0.2, 0) is 11.3 Å². The Morgan fingerprint density at radius 1 is 1.59 bits per heavy atom. The number of hydrogen-bond donors (Lipinski definition) is 2. The number of hydrogen-bond acceptors (Lipinski definition) is 4. The van der Waals surface area contributed by atoms with Crippen molar-refractivity contribution >= 4 is 17.3 Å². The molecule has 0 aliphatic heterocycles. The average molecular weight is 257 g/mol. The Kier molecular flexibility index (Phi) is 6.49. The number of methoxy groups -OCH3 is 1. The van der Waals surface area contributed by atoms with E-state index in [1.165, 1.54) is 0 Å². The lowest BCUT2D eigenvalue weighted by atomic mass is 10.4. The molecule has 0 aliphatic carbocycles. The fourth-order valence-corrected chi connectivity index (χ4v) is 1.66. The predicted octanol–water partition coefficient (Wildman–Crippen LogP) is 0.167. The number of ether oxygens (including phenoxy) is 1. The highest BCUT2D eigenvalue weighted by Crippen LogP contribution is 1.87. The molecule has 2 N–H and O–H groups in total. The molecule has 0 bridgehead atoms. The monoisotopic (exact) mass is 257 g/mol. The third-order valence-electron chi connectivity index (χ3n) is 2.12. The molecule has 0 aliphatic rings. The van der Waals surface area contributed by atoms with Crippen LogP contribution in [0.3, 0.4) is 0 Å². The summed E-state index contributed by atoms with van der Waals surface area (Å²) < 4.78 is 6.81. The second-order valence-electron chi connectivity index (χ2n) is 3.78. The van der Waals surface area contributed by atoms with Crippen LogP contribution in [0.5, 0.6) is 0 Å². The zero-order chi connectivity index (χ0) is 12.5. The summed E-state index contributed by atoms with van der Waals surface area (Å²) in [7, 11) is 1.67. The minimum Gasteiger partial charge on any atom is -0.383 e. The Balaban J connectivity index is 2.04. The van der Waals surface area contributed by atoms with Gasteiger partial charge in [-0.25, -0.2) is 0 Å². The van der Waals surface area contributed by atoms with Crippen LogP contribution in [-0.4, -0.2) is 46.4 Å². The van der Waals surface area contributed by atoms with Gasteiger partial charge in [0.05, 0.1) is 12.8 Å². The van der Waals surface area contributed by atoms with E-state index in [-0.39, 0.29) is 6.04 Å². The number of nitrogens with zero attached hydrogens (tertiary/aromatic N) is 3. The third kappa shape index (κ3) is 6.18. The van der Waals surface area contributed by atoms with Gasteiger partial charge in [0.1, 0.15) is 0 Å². The lowest BCUT2D eigenvalue weighted by Crippen LogP contribution is -2.42. The number of rotatable bonds is 7. The van der Waals surface area contributed by atoms with E-state index in [2.05, 4.69) is 20.9 Å². The molecule has 1 aromatic heterocycles. The van der Waals surface area contributed by atoms with Crippen LogP contribution in [0.15, 0.2) is 12.4 Å². The summed E-state index contributed by atoms with van der Waals surface area (Å²) in [6, 6.07) is 0.218. The zero-order valence-corrected chi connectivity index (χ0v) is 11.0. The SMILES string of the molecule is COCC(C)NC(=S)NCCCn1ccnn1. The molecular formula is C10H19N5OS. The fraction of sp³-hybridized carbons (Fsp3) is 0.700. The Morgan fingerprint density at radius 3 is 3.06 bits per heavy atom. The molecular weight excluding hydrogens is 238 g/mol. The Labute approximate surface area is 107 Å². The maximum absolute atomic E-state index is 5.15. The van der Waals surface area contributed by atoms with Crippen molar-refractivity contribution in [2.45, 2.75) is 25.9 Å². The van der Waals surface area contributed by atoms with Crippen LogP contribution in [0.1, 0.15) is 13.3 Å². The molecule has 1 unspecified atom stereocenters. The van der Waals surface area contributed by atoms with Gasteiger partial charge in [-0.1, -0.05) is 5.21 Å². The largest absolute Gasteiger partial charge is 0.383 e. The molecule has 0 aromatic carbocycles. The highest BCUT2D eigenvalue weighted by Gasteiger charge is 2.02. The molecule has 1 heterocycles. The van der Waals surface area contributed by atoms with Gasteiger partial charge in [0.2, 0.25) is 0 Å². The van der Waals surface area contributed by atoms with Gasteiger partial charge < -0.3 is 15.4 Å². The van der Waals surface area contributed by atoms with Crippen molar-refractivity contribution in [3.8, 4) is 0 Å². The summed E-state index contributed by atoms with van der Waals surface area (Å²) in [6.45, 7) is 4.31. The second-order valence-corrected chi connectivity index (χ2v) is 4.18. The summed E-state index contributed by atoms with van der Waals surface area (Å²) in [6.07, 6.45) is 4.47. The van der Waals surface area contributed by atoms with Crippen molar-refractivity contribution < 1.29 is 4.74 Å². The van der Waals surface area contributed by atoms with E-state index in [0.29, 0.717) is 11.7 Å². The van der Waals surface area contributed by atoms with Crippen molar-refractivity contribution in [3.05, 3.63) is 12.4 Å². The second kappa shape index (κ2) is 7.97. The predicted molar refractivity (Wildman–Crippen MR) is 69.7 cm³/mol. The van der Waals surface area contributed by atoms with Gasteiger partial charge in [-0.2, -0.15) is 0 Å². The minimum atomic E-state index is 0.218. The van der Waals surface area contributed by atoms with Gasteiger partial charge in [0.15, 0.2) is 5.11 Å².